The zero-order valence-corrected chi connectivity index (χ0v) is 12.0. The van der Waals surface area contributed by atoms with Crippen molar-refractivity contribution in [2.45, 2.75) is 0 Å². The largest absolute Gasteiger partial charge is 0.395 e. The lowest BCUT2D eigenvalue weighted by Crippen LogP contribution is -2.31. The highest BCUT2D eigenvalue weighted by atomic mass is 16.3. The molecule has 1 aromatic carbocycles. The second kappa shape index (κ2) is 6.50. The van der Waals surface area contributed by atoms with Crippen LogP contribution < -0.4 is 4.90 Å². The average Bonchev–Trinajstić information content (AvgIpc) is 2.99. The van der Waals surface area contributed by atoms with Gasteiger partial charge in [0.15, 0.2) is 0 Å². The van der Waals surface area contributed by atoms with Crippen molar-refractivity contribution in [3.05, 3.63) is 42.9 Å². The molecule has 2 aromatic heterocycles. The zero-order valence-electron chi connectivity index (χ0n) is 12.0. The molecule has 2 heterocycles. The molecule has 0 unspecified atom stereocenters. The first-order valence-electron chi connectivity index (χ1n) is 7.05. The monoisotopic (exact) mass is 299 g/mol. The molecule has 22 heavy (non-hydrogen) atoms. The molecule has 2 N–H and O–H groups in total. The number of imidazole rings is 1. The number of fused-ring (bicyclic) bond motifs is 1. The van der Waals surface area contributed by atoms with E-state index in [1.54, 1.807) is 23.5 Å². The summed E-state index contributed by atoms with van der Waals surface area (Å²) in [6.45, 7) is 0.687. The van der Waals surface area contributed by atoms with Gasteiger partial charge in [-0.15, -0.1) is 0 Å². The maximum atomic E-state index is 9.13. The molecule has 114 valence electrons. The van der Waals surface area contributed by atoms with Crippen molar-refractivity contribution in [1.82, 2.24) is 19.5 Å². The van der Waals surface area contributed by atoms with Crippen LogP contribution in [-0.4, -0.2) is 56.0 Å². The van der Waals surface area contributed by atoms with Gasteiger partial charge in [-0.05, 0) is 18.2 Å². The maximum Gasteiger partial charge on any atom is 0.227 e. The number of para-hydroxylation sites is 2. The van der Waals surface area contributed by atoms with Gasteiger partial charge in [0, 0.05) is 19.3 Å². The van der Waals surface area contributed by atoms with E-state index in [9.17, 15) is 0 Å². The van der Waals surface area contributed by atoms with Crippen LogP contribution in [0, 0.1) is 0 Å². The van der Waals surface area contributed by atoms with Gasteiger partial charge >= 0.3 is 0 Å². The average molecular weight is 299 g/mol. The summed E-state index contributed by atoms with van der Waals surface area (Å²) in [5.74, 6) is 1.16. The predicted molar refractivity (Wildman–Crippen MR) is 83.0 cm³/mol. The molecule has 7 nitrogen and oxygen atoms in total. The second-order valence-corrected chi connectivity index (χ2v) is 4.75. The fourth-order valence-electron chi connectivity index (χ4n) is 2.32. The van der Waals surface area contributed by atoms with Crippen molar-refractivity contribution in [3.8, 4) is 5.82 Å². The van der Waals surface area contributed by atoms with E-state index in [-0.39, 0.29) is 13.2 Å². The van der Waals surface area contributed by atoms with Crippen molar-refractivity contribution in [2.24, 2.45) is 0 Å². The molecule has 0 amide bonds. The van der Waals surface area contributed by atoms with Gasteiger partial charge in [0.25, 0.3) is 0 Å². The molecule has 0 aliphatic heterocycles. The highest BCUT2D eigenvalue weighted by Gasteiger charge is 2.11. The molecule has 0 aliphatic rings. The second-order valence-electron chi connectivity index (χ2n) is 4.75. The topological polar surface area (TPSA) is 87.3 Å². The van der Waals surface area contributed by atoms with Gasteiger partial charge in [-0.2, -0.15) is 4.98 Å². The normalized spacial score (nSPS) is 11.0. The summed E-state index contributed by atoms with van der Waals surface area (Å²) in [7, 11) is 0. The first-order chi connectivity index (χ1) is 10.8. The number of rotatable bonds is 6. The number of aliphatic hydroxyl groups excluding tert-OH is 2. The smallest absolute Gasteiger partial charge is 0.227 e. The Kier molecular flexibility index (Phi) is 4.27. The Labute approximate surface area is 127 Å². The Morgan fingerprint density at radius 2 is 1.77 bits per heavy atom. The predicted octanol–water partition coefficient (Wildman–Crippen LogP) is 0.606. The van der Waals surface area contributed by atoms with Gasteiger partial charge in [-0.1, -0.05) is 12.1 Å². The molecule has 0 saturated heterocycles. The lowest BCUT2D eigenvalue weighted by molar-refractivity contribution is 0.280. The Hall–Kier alpha value is -2.51. The summed E-state index contributed by atoms with van der Waals surface area (Å²) >= 11 is 0. The standard InChI is InChI=1S/C15H17N5O2/c21-9-7-19(8-10-22)15-16-6-5-14(18-15)20-11-17-12-3-1-2-4-13(12)20/h1-6,11,21-22H,7-10H2. The fourth-order valence-corrected chi connectivity index (χ4v) is 2.32. The van der Waals surface area contributed by atoms with Crippen LogP contribution in [-0.2, 0) is 0 Å². The SMILES string of the molecule is OCCN(CCO)c1nccc(-n2cnc3ccccc32)n1. The Morgan fingerprint density at radius 3 is 2.55 bits per heavy atom. The van der Waals surface area contributed by atoms with Crippen LogP contribution >= 0.6 is 0 Å². The summed E-state index contributed by atoms with van der Waals surface area (Å²) in [6.07, 6.45) is 3.38. The van der Waals surface area contributed by atoms with E-state index in [0.29, 0.717) is 24.9 Å². The Bertz CT molecular complexity index is 752. The van der Waals surface area contributed by atoms with Crippen LogP contribution in [0.5, 0.6) is 0 Å². The van der Waals surface area contributed by atoms with Crippen LogP contribution in [0.2, 0.25) is 0 Å². The highest BCUT2D eigenvalue weighted by Crippen LogP contribution is 2.17. The van der Waals surface area contributed by atoms with Crippen molar-refractivity contribution < 1.29 is 10.2 Å². The molecule has 0 atom stereocenters. The summed E-state index contributed by atoms with van der Waals surface area (Å²) in [4.78, 5) is 14.8. The van der Waals surface area contributed by atoms with Gasteiger partial charge in [-0.3, -0.25) is 4.57 Å². The molecular weight excluding hydrogens is 282 g/mol. The minimum absolute atomic E-state index is 0.0262. The third-order valence-corrected chi connectivity index (χ3v) is 3.35. The highest BCUT2D eigenvalue weighted by molar-refractivity contribution is 5.76. The minimum Gasteiger partial charge on any atom is -0.395 e. The van der Waals surface area contributed by atoms with Gasteiger partial charge < -0.3 is 15.1 Å². The number of anilines is 1. The van der Waals surface area contributed by atoms with E-state index in [2.05, 4.69) is 15.0 Å². The van der Waals surface area contributed by atoms with Gasteiger partial charge in [0.05, 0.1) is 24.2 Å². The minimum atomic E-state index is -0.0262. The zero-order chi connectivity index (χ0) is 15.4. The fraction of sp³-hybridized carbons (Fsp3) is 0.267. The van der Waals surface area contributed by atoms with Crippen molar-refractivity contribution >= 4 is 17.0 Å². The maximum absolute atomic E-state index is 9.13. The van der Waals surface area contributed by atoms with E-state index in [1.165, 1.54) is 0 Å². The summed E-state index contributed by atoms with van der Waals surface area (Å²) in [5.41, 5.74) is 1.85. The lowest BCUT2D eigenvalue weighted by Gasteiger charge is -2.20. The molecule has 0 fully saturated rings. The summed E-state index contributed by atoms with van der Waals surface area (Å²) in [6, 6.07) is 9.61. The number of aromatic nitrogens is 4. The molecule has 0 aliphatic carbocycles. The molecule has 0 spiro atoms. The van der Waals surface area contributed by atoms with E-state index in [0.717, 1.165) is 11.0 Å². The van der Waals surface area contributed by atoms with Crippen LogP contribution in [0.15, 0.2) is 42.9 Å². The number of hydrogen-bond acceptors (Lipinski definition) is 6. The van der Waals surface area contributed by atoms with Crippen LogP contribution in [0.1, 0.15) is 0 Å². The third-order valence-electron chi connectivity index (χ3n) is 3.35. The quantitative estimate of drug-likeness (QED) is 0.693. The Balaban J connectivity index is 2.00. The summed E-state index contributed by atoms with van der Waals surface area (Å²) in [5, 5.41) is 18.3. The third kappa shape index (κ3) is 2.76. The first kappa shape index (κ1) is 14.4. The molecule has 0 saturated carbocycles. The number of hydrogen-bond donors (Lipinski definition) is 2. The lowest BCUT2D eigenvalue weighted by atomic mass is 10.3. The molecular formula is C15H17N5O2. The Morgan fingerprint density at radius 1 is 1.00 bits per heavy atom. The molecule has 0 radical (unpaired) electrons. The number of aliphatic hydroxyl groups is 2. The van der Waals surface area contributed by atoms with E-state index in [4.69, 9.17) is 10.2 Å². The van der Waals surface area contributed by atoms with Crippen LogP contribution in [0.25, 0.3) is 16.9 Å². The molecule has 3 aromatic rings. The first-order valence-corrected chi connectivity index (χ1v) is 7.05. The van der Waals surface area contributed by atoms with E-state index >= 15 is 0 Å². The van der Waals surface area contributed by atoms with Crippen LogP contribution in [0.4, 0.5) is 5.95 Å². The van der Waals surface area contributed by atoms with E-state index < -0.39 is 0 Å². The van der Waals surface area contributed by atoms with Crippen LogP contribution in [0.3, 0.4) is 0 Å². The molecule has 3 rings (SSSR count). The van der Waals surface area contributed by atoms with Gasteiger partial charge in [0.2, 0.25) is 5.95 Å². The van der Waals surface area contributed by atoms with Gasteiger partial charge in [0.1, 0.15) is 12.1 Å². The van der Waals surface area contributed by atoms with Crippen molar-refractivity contribution in [2.75, 3.05) is 31.2 Å². The molecule has 7 heteroatoms. The number of benzene rings is 1. The van der Waals surface area contributed by atoms with Crippen molar-refractivity contribution in [1.29, 1.82) is 0 Å². The van der Waals surface area contributed by atoms with Crippen molar-refractivity contribution in [3.63, 3.8) is 0 Å². The molecule has 0 bridgehead atoms. The van der Waals surface area contributed by atoms with Gasteiger partial charge in [-0.25, -0.2) is 9.97 Å². The van der Waals surface area contributed by atoms with E-state index in [1.807, 2.05) is 28.8 Å². The number of nitrogens with zero attached hydrogens (tertiary/aromatic N) is 5. The summed E-state index contributed by atoms with van der Waals surface area (Å²) < 4.78 is 1.89.